The van der Waals surface area contributed by atoms with Crippen LogP contribution in [0.2, 0.25) is 5.02 Å². The van der Waals surface area contributed by atoms with E-state index in [1.807, 2.05) is 17.4 Å². The fourth-order valence-electron chi connectivity index (χ4n) is 4.24. The van der Waals surface area contributed by atoms with Crippen molar-refractivity contribution in [1.29, 1.82) is 0 Å². The maximum Gasteiger partial charge on any atom is 0.259 e. The van der Waals surface area contributed by atoms with Crippen molar-refractivity contribution >= 4 is 40.3 Å². The lowest BCUT2D eigenvalue weighted by molar-refractivity contribution is 0.0942. The number of pyridine rings is 1. The standard InChI is InChI=1S/C21H22ClFN8O/c1-12(27-20(32)17-18(24)28-31-6-2-5-26-19(17)31)14-9-15(22)16-10-25-11-30(16)21(14)29-7-3-13(23)4-8-29/h2,5-6,9-13H,3-4,7-8H2,1H3,(H2,24,28)(H,27,32). The fraction of sp³-hybridized carbons (Fsp3) is 0.333. The molecule has 4 aromatic heterocycles. The van der Waals surface area contributed by atoms with Crippen LogP contribution in [0.1, 0.15) is 41.7 Å². The Balaban J connectivity index is 1.53. The average Bonchev–Trinajstić information content (AvgIpc) is 3.38. The van der Waals surface area contributed by atoms with Gasteiger partial charge in [0.25, 0.3) is 5.91 Å². The largest absolute Gasteiger partial charge is 0.381 e. The molecule has 0 saturated carbocycles. The molecule has 5 rings (SSSR count). The van der Waals surface area contributed by atoms with Crippen LogP contribution >= 0.6 is 11.6 Å². The molecule has 1 saturated heterocycles. The minimum Gasteiger partial charge on any atom is -0.381 e. The number of fused-ring (bicyclic) bond motifs is 2. The van der Waals surface area contributed by atoms with E-state index in [-0.39, 0.29) is 17.3 Å². The Morgan fingerprint density at radius 1 is 1.38 bits per heavy atom. The highest BCUT2D eigenvalue weighted by atomic mass is 35.5. The molecule has 1 fully saturated rings. The van der Waals surface area contributed by atoms with Crippen LogP contribution in [0.15, 0.2) is 37.1 Å². The second-order valence-electron chi connectivity index (χ2n) is 7.93. The van der Waals surface area contributed by atoms with E-state index in [9.17, 15) is 9.18 Å². The molecule has 4 aromatic rings. The van der Waals surface area contributed by atoms with Gasteiger partial charge in [-0.1, -0.05) is 11.6 Å². The molecule has 0 radical (unpaired) electrons. The van der Waals surface area contributed by atoms with E-state index in [2.05, 4.69) is 25.3 Å². The van der Waals surface area contributed by atoms with Crippen LogP contribution < -0.4 is 16.0 Å². The van der Waals surface area contributed by atoms with E-state index in [0.29, 0.717) is 36.6 Å². The number of aromatic nitrogens is 5. The van der Waals surface area contributed by atoms with Gasteiger partial charge in [0.15, 0.2) is 11.5 Å². The second kappa shape index (κ2) is 7.94. The highest BCUT2D eigenvalue weighted by Gasteiger charge is 2.27. The molecule has 0 bridgehead atoms. The molecule has 1 amide bonds. The van der Waals surface area contributed by atoms with Gasteiger partial charge in [0.2, 0.25) is 0 Å². The Hall–Kier alpha value is -3.40. The number of amides is 1. The number of nitrogens with zero attached hydrogens (tertiary/aromatic N) is 6. The van der Waals surface area contributed by atoms with E-state index in [0.717, 1.165) is 16.9 Å². The van der Waals surface area contributed by atoms with Gasteiger partial charge >= 0.3 is 0 Å². The molecule has 0 spiro atoms. The van der Waals surface area contributed by atoms with Gasteiger partial charge < -0.3 is 16.0 Å². The summed E-state index contributed by atoms with van der Waals surface area (Å²) in [7, 11) is 0. The van der Waals surface area contributed by atoms with Crippen molar-refractivity contribution < 1.29 is 9.18 Å². The molecule has 1 aliphatic heterocycles. The van der Waals surface area contributed by atoms with Gasteiger partial charge in [0, 0.05) is 31.0 Å². The lowest BCUT2D eigenvalue weighted by Gasteiger charge is -2.34. The summed E-state index contributed by atoms with van der Waals surface area (Å²) >= 11 is 6.53. The predicted octanol–water partition coefficient (Wildman–Crippen LogP) is 3.04. The number of nitrogen functional groups attached to an aromatic ring is 1. The summed E-state index contributed by atoms with van der Waals surface area (Å²) in [4.78, 5) is 23.7. The molecular formula is C21H22ClFN8O. The highest BCUT2D eigenvalue weighted by molar-refractivity contribution is 6.34. The van der Waals surface area contributed by atoms with Crippen molar-refractivity contribution in [3.8, 4) is 0 Å². The number of nitrogens with two attached hydrogens (primary N) is 1. The number of rotatable bonds is 4. The Labute approximate surface area is 188 Å². The summed E-state index contributed by atoms with van der Waals surface area (Å²) in [5, 5.41) is 7.67. The molecule has 32 heavy (non-hydrogen) atoms. The van der Waals surface area contributed by atoms with Gasteiger partial charge in [-0.05, 0) is 31.9 Å². The van der Waals surface area contributed by atoms with Crippen LogP contribution in [-0.2, 0) is 0 Å². The van der Waals surface area contributed by atoms with Gasteiger partial charge in [-0.25, -0.2) is 18.9 Å². The lowest BCUT2D eigenvalue weighted by Crippen LogP contribution is -2.37. The van der Waals surface area contributed by atoms with Crippen molar-refractivity contribution in [3.05, 3.63) is 53.2 Å². The molecule has 166 valence electrons. The number of imidazole rings is 1. The molecule has 5 heterocycles. The minimum atomic E-state index is -0.802. The monoisotopic (exact) mass is 456 g/mol. The van der Waals surface area contributed by atoms with E-state index in [4.69, 9.17) is 17.3 Å². The first-order chi connectivity index (χ1) is 15.4. The summed E-state index contributed by atoms with van der Waals surface area (Å²) < 4.78 is 17.2. The summed E-state index contributed by atoms with van der Waals surface area (Å²) in [5.74, 6) is 0.549. The Bertz CT molecular complexity index is 1310. The molecule has 9 nitrogen and oxygen atoms in total. The third-order valence-electron chi connectivity index (χ3n) is 5.84. The zero-order chi connectivity index (χ0) is 22.4. The zero-order valence-corrected chi connectivity index (χ0v) is 18.1. The molecule has 11 heteroatoms. The maximum atomic E-state index is 13.8. The number of nitrogens with one attached hydrogen (secondary N) is 1. The second-order valence-corrected chi connectivity index (χ2v) is 8.33. The van der Waals surface area contributed by atoms with Crippen LogP contribution in [0.25, 0.3) is 11.2 Å². The van der Waals surface area contributed by atoms with Gasteiger partial charge in [-0.2, -0.15) is 0 Å². The van der Waals surface area contributed by atoms with E-state index >= 15 is 0 Å². The fourth-order valence-corrected chi connectivity index (χ4v) is 4.49. The third-order valence-corrected chi connectivity index (χ3v) is 6.14. The maximum absolute atomic E-state index is 13.8. The Morgan fingerprint density at radius 2 is 2.16 bits per heavy atom. The number of hydrogen-bond acceptors (Lipinski definition) is 6. The van der Waals surface area contributed by atoms with Gasteiger partial charge in [0.05, 0.1) is 22.8 Å². The van der Waals surface area contributed by atoms with Crippen LogP contribution in [0.4, 0.5) is 16.0 Å². The van der Waals surface area contributed by atoms with E-state index in [1.165, 1.54) is 4.52 Å². The number of carbonyl (C=O) groups excluding carboxylic acids is 1. The molecular weight excluding hydrogens is 435 g/mol. The summed E-state index contributed by atoms with van der Waals surface area (Å²) in [6, 6.07) is 3.11. The predicted molar refractivity (Wildman–Crippen MR) is 120 cm³/mol. The highest BCUT2D eigenvalue weighted by Crippen LogP contribution is 2.34. The normalized spacial score (nSPS) is 16.0. The first kappa shape index (κ1) is 20.5. The van der Waals surface area contributed by atoms with Crippen molar-refractivity contribution in [3.63, 3.8) is 0 Å². The van der Waals surface area contributed by atoms with Crippen molar-refractivity contribution in [2.24, 2.45) is 0 Å². The third kappa shape index (κ3) is 3.40. The van der Waals surface area contributed by atoms with Crippen molar-refractivity contribution in [1.82, 2.24) is 29.3 Å². The number of carbonyl (C=O) groups is 1. The number of alkyl halides is 1. The van der Waals surface area contributed by atoms with Gasteiger partial charge in [-0.15, -0.1) is 5.10 Å². The lowest BCUT2D eigenvalue weighted by atomic mass is 10.0. The van der Waals surface area contributed by atoms with Crippen molar-refractivity contribution in [2.75, 3.05) is 23.7 Å². The number of hydrogen-bond donors (Lipinski definition) is 2. The Morgan fingerprint density at radius 3 is 2.94 bits per heavy atom. The molecule has 3 N–H and O–H groups in total. The summed E-state index contributed by atoms with van der Waals surface area (Å²) in [6.07, 6.45) is 6.72. The van der Waals surface area contributed by atoms with Crippen LogP contribution in [0.3, 0.4) is 0 Å². The van der Waals surface area contributed by atoms with Gasteiger partial charge in [0.1, 0.15) is 23.9 Å². The van der Waals surface area contributed by atoms with Crippen molar-refractivity contribution in [2.45, 2.75) is 32.0 Å². The topological polar surface area (TPSA) is 106 Å². The Kier molecular flexibility index (Phi) is 5.09. The quantitative estimate of drug-likeness (QED) is 0.489. The number of anilines is 2. The molecule has 0 aromatic carbocycles. The molecule has 0 aliphatic carbocycles. The minimum absolute atomic E-state index is 0.0988. The van der Waals surface area contributed by atoms with E-state index < -0.39 is 12.2 Å². The molecule has 1 atom stereocenters. The summed E-state index contributed by atoms with van der Waals surface area (Å²) in [5.41, 5.74) is 8.15. The van der Waals surface area contributed by atoms with Crippen LogP contribution in [0, 0.1) is 0 Å². The zero-order valence-electron chi connectivity index (χ0n) is 17.4. The first-order valence-corrected chi connectivity index (χ1v) is 10.7. The number of piperidine rings is 1. The number of halogens is 2. The average molecular weight is 457 g/mol. The molecule has 1 aliphatic rings. The van der Waals surface area contributed by atoms with Gasteiger partial charge in [-0.3, -0.25) is 9.20 Å². The molecule has 1 unspecified atom stereocenters. The SMILES string of the molecule is CC(NC(=O)c1c(N)nn2cccnc12)c1cc(Cl)c2cncn2c1N1CCC(F)CC1. The smallest absolute Gasteiger partial charge is 0.259 e. The van der Waals surface area contributed by atoms with E-state index in [1.54, 1.807) is 31.0 Å². The van der Waals surface area contributed by atoms with Crippen LogP contribution in [0.5, 0.6) is 0 Å². The van der Waals surface area contributed by atoms with Crippen LogP contribution in [-0.4, -0.2) is 49.2 Å². The summed E-state index contributed by atoms with van der Waals surface area (Å²) in [6.45, 7) is 3.00. The first-order valence-electron chi connectivity index (χ1n) is 10.4.